The van der Waals surface area contributed by atoms with Crippen molar-refractivity contribution in [1.82, 2.24) is 14.7 Å². The molecule has 29 heavy (non-hydrogen) atoms. The lowest BCUT2D eigenvalue weighted by atomic mass is 10.2. The molecule has 0 radical (unpaired) electrons. The summed E-state index contributed by atoms with van der Waals surface area (Å²) in [5.41, 5.74) is 0.780. The average Bonchev–Trinajstić information content (AvgIpc) is 2.72. The van der Waals surface area contributed by atoms with E-state index in [1.54, 1.807) is 31.2 Å². The van der Waals surface area contributed by atoms with Crippen molar-refractivity contribution in [2.24, 2.45) is 0 Å². The Kier molecular flexibility index (Phi) is 6.18. The highest BCUT2D eigenvalue weighted by atomic mass is 19.1. The fraction of sp³-hybridized carbons (Fsp3) is 0.200. The molecule has 0 saturated heterocycles. The molecule has 0 aliphatic rings. The molecule has 3 rings (SSSR count). The smallest absolute Gasteiger partial charge is 0.325 e. The van der Waals surface area contributed by atoms with Gasteiger partial charge in [0.15, 0.2) is 5.65 Å². The molecular weight excluding hydrogens is 379 g/mol. The molecule has 0 fully saturated rings. The number of esters is 1. The number of rotatable bonds is 7. The van der Waals surface area contributed by atoms with Crippen LogP contribution in [0, 0.1) is 5.82 Å². The standard InChI is InChI=1S/C20H19FN4O4/c1-2-29-17(26)12-22-16-11-23-18-15(4-3-9-25(18)20(16)28)19(27)24-10-13-5-7-14(21)8-6-13/h3-9,11,22H,2,10,12H2,1H3,(H,24,27). The van der Waals surface area contributed by atoms with Gasteiger partial charge in [0.25, 0.3) is 11.5 Å². The second-order valence-corrected chi connectivity index (χ2v) is 6.06. The predicted molar refractivity (Wildman–Crippen MR) is 104 cm³/mol. The van der Waals surface area contributed by atoms with Crippen molar-refractivity contribution in [2.75, 3.05) is 18.5 Å². The third kappa shape index (κ3) is 4.75. The number of benzene rings is 1. The van der Waals surface area contributed by atoms with Crippen molar-refractivity contribution < 1.29 is 18.7 Å². The van der Waals surface area contributed by atoms with Crippen LogP contribution in [-0.4, -0.2) is 34.4 Å². The van der Waals surface area contributed by atoms with E-state index in [0.29, 0.717) is 0 Å². The zero-order valence-electron chi connectivity index (χ0n) is 15.6. The van der Waals surface area contributed by atoms with Crippen molar-refractivity contribution in [3.05, 3.63) is 76.1 Å². The minimum Gasteiger partial charge on any atom is -0.465 e. The number of nitrogens with one attached hydrogen (secondary N) is 2. The number of aromatic nitrogens is 2. The summed E-state index contributed by atoms with van der Waals surface area (Å²) < 4.78 is 19.0. The lowest BCUT2D eigenvalue weighted by Crippen LogP contribution is -2.27. The molecule has 3 aromatic rings. The van der Waals surface area contributed by atoms with E-state index in [9.17, 15) is 18.8 Å². The van der Waals surface area contributed by atoms with Gasteiger partial charge in [0.1, 0.15) is 18.0 Å². The number of pyridine rings is 1. The number of anilines is 1. The zero-order valence-corrected chi connectivity index (χ0v) is 15.6. The second kappa shape index (κ2) is 8.96. The van der Waals surface area contributed by atoms with Gasteiger partial charge in [-0.15, -0.1) is 0 Å². The Balaban J connectivity index is 1.79. The van der Waals surface area contributed by atoms with Gasteiger partial charge in [-0.25, -0.2) is 9.37 Å². The summed E-state index contributed by atoms with van der Waals surface area (Å²) in [5.74, 6) is -1.28. The van der Waals surface area contributed by atoms with E-state index in [0.717, 1.165) is 5.56 Å². The third-order valence-electron chi connectivity index (χ3n) is 4.07. The number of carbonyl (C=O) groups excluding carboxylic acids is 2. The van der Waals surface area contributed by atoms with Gasteiger partial charge in [0.2, 0.25) is 0 Å². The summed E-state index contributed by atoms with van der Waals surface area (Å²) in [4.78, 5) is 40.8. The first-order chi connectivity index (χ1) is 14.0. The van der Waals surface area contributed by atoms with Gasteiger partial charge < -0.3 is 15.4 Å². The van der Waals surface area contributed by atoms with Crippen LogP contribution in [-0.2, 0) is 16.1 Å². The number of nitrogens with zero attached hydrogens (tertiary/aromatic N) is 2. The van der Waals surface area contributed by atoms with E-state index in [1.807, 2.05) is 0 Å². The van der Waals surface area contributed by atoms with E-state index in [4.69, 9.17) is 4.74 Å². The van der Waals surface area contributed by atoms with Crippen LogP contribution in [0.2, 0.25) is 0 Å². The van der Waals surface area contributed by atoms with Crippen LogP contribution >= 0.6 is 0 Å². The van der Waals surface area contributed by atoms with Crippen LogP contribution in [0.5, 0.6) is 0 Å². The molecule has 0 aliphatic carbocycles. The van der Waals surface area contributed by atoms with Gasteiger partial charge in [-0.05, 0) is 36.8 Å². The average molecular weight is 398 g/mol. The van der Waals surface area contributed by atoms with E-state index in [2.05, 4.69) is 15.6 Å². The van der Waals surface area contributed by atoms with Gasteiger partial charge >= 0.3 is 5.97 Å². The first kappa shape index (κ1) is 20.0. The summed E-state index contributed by atoms with van der Waals surface area (Å²) in [6.07, 6.45) is 2.75. The molecular formula is C20H19FN4O4. The van der Waals surface area contributed by atoms with Crippen LogP contribution in [0.15, 0.2) is 53.6 Å². The Bertz CT molecular complexity index is 1100. The van der Waals surface area contributed by atoms with Gasteiger partial charge in [-0.1, -0.05) is 12.1 Å². The monoisotopic (exact) mass is 398 g/mol. The number of fused-ring (bicyclic) bond motifs is 1. The topological polar surface area (TPSA) is 102 Å². The zero-order chi connectivity index (χ0) is 20.8. The van der Waals surface area contributed by atoms with Crippen LogP contribution in [0.25, 0.3) is 5.65 Å². The maximum Gasteiger partial charge on any atom is 0.325 e. The Hall–Kier alpha value is -3.75. The second-order valence-electron chi connectivity index (χ2n) is 6.06. The predicted octanol–water partition coefficient (Wildman–Crippen LogP) is 1.74. The van der Waals surface area contributed by atoms with Gasteiger partial charge in [-0.2, -0.15) is 0 Å². The van der Waals surface area contributed by atoms with Crippen LogP contribution < -0.4 is 16.2 Å². The maximum atomic E-state index is 13.0. The van der Waals surface area contributed by atoms with Crippen molar-refractivity contribution >= 4 is 23.2 Å². The molecule has 1 amide bonds. The minimum absolute atomic E-state index is 0.111. The first-order valence-corrected chi connectivity index (χ1v) is 8.92. The molecule has 0 atom stereocenters. The van der Waals surface area contributed by atoms with E-state index >= 15 is 0 Å². The number of hydrogen-bond donors (Lipinski definition) is 2. The first-order valence-electron chi connectivity index (χ1n) is 8.92. The van der Waals surface area contributed by atoms with Crippen molar-refractivity contribution in [1.29, 1.82) is 0 Å². The molecule has 2 N–H and O–H groups in total. The van der Waals surface area contributed by atoms with Crippen molar-refractivity contribution in [2.45, 2.75) is 13.5 Å². The van der Waals surface area contributed by atoms with E-state index < -0.39 is 17.4 Å². The highest BCUT2D eigenvalue weighted by molar-refractivity contribution is 5.99. The van der Waals surface area contributed by atoms with Gasteiger partial charge in [0.05, 0.1) is 18.4 Å². The van der Waals surface area contributed by atoms with Crippen LogP contribution in [0.4, 0.5) is 10.1 Å². The van der Waals surface area contributed by atoms with E-state index in [-0.39, 0.29) is 42.4 Å². The molecule has 9 heteroatoms. The lowest BCUT2D eigenvalue weighted by Gasteiger charge is -2.10. The molecule has 0 saturated carbocycles. The Morgan fingerprint density at radius 2 is 1.97 bits per heavy atom. The van der Waals surface area contributed by atoms with Crippen LogP contribution in [0.1, 0.15) is 22.8 Å². The molecule has 0 aliphatic heterocycles. The number of amides is 1. The number of carbonyl (C=O) groups is 2. The molecule has 8 nitrogen and oxygen atoms in total. The highest BCUT2D eigenvalue weighted by Crippen LogP contribution is 2.10. The Labute approximate surface area is 165 Å². The largest absolute Gasteiger partial charge is 0.465 e. The summed E-state index contributed by atoms with van der Waals surface area (Å²) in [6.45, 7) is 1.96. The van der Waals surface area contributed by atoms with Gasteiger partial charge in [0, 0.05) is 12.7 Å². The molecule has 0 spiro atoms. The van der Waals surface area contributed by atoms with Gasteiger partial charge in [-0.3, -0.25) is 18.8 Å². The normalized spacial score (nSPS) is 10.6. The summed E-state index contributed by atoms with van der Waals surface area (Å²) >= 11 is 0. The Morgan fingerprint density at radius 3 is 2.69 bits per heavy atom. The minimum atomic E-state index is -0.495. The third-order valence-corrected chi connectivity index (χ3v) is 4.07. The van der Waals surface area contributed by atoms with E-state index in [1.165, 1.54) is 28.9 Å². The number of halogens is 1. The number of ether oxygens (including phenoxy) is 1. The summed E-state index contributed by atoms with van der Waals surface area (Å²) in [7, 11) is 0. The summed E-state index contributed by atoms with van der Waals surface area (Å²) in [5, 5.41) is 5.41. The maximum absolute atomic E-state index is 13.0. The fourth-order valence-corrected chi connectivity index (χ4v) is 2.66. The molecule has 0 bridgehead atoms. The highest BCUT2D eigenvalue weighted by Gasteiger charge is 2.14. The Morgan fingerprint density at radius 1 is 1.21 bits per heavy atom. The molecule has 1 aromatic carbocycles. The van der Waals surface area contributed by atoms with Crippen LogP contribution in [0.3, 0.4) is 0 Å². The number of hydrogen-bond acceptors (Lipinski definition) is 6. The SMILES string of the molecule is CCOC(=O)CNc1cnc2c(C(=O)NCc3ccc(F)cc3)cccn2c1=O. The molecule has 150 valence electrons. The van der Waals surface area contributed by atoms with Crippen molar-refractivity contribution in [3.63, 3.8) is 0 Å². The molecule has 2 aromatic heterocycles. The van der Waals surface area contributed by atoms with Crippen molar-refractivity contribution in [3.8, 4) is 0 Å². The molecule has 2 heterocycles. The fourth-order valence-electron chi connectivity index (χ4n) is 2.66. The quantitative estimate of drug-likeness (QED) is 0.588. The molecule has 0 unspecified atom stereocenters. The lowest BCUT2D eigenvalue weighted by molar-refractivity contribution is -0.140. The summed E-state index contributed by atoms with van der Waals surface area (Å²) in [6, 6.07) is 8.87.